The number of hydrogen-bond acceptors (Lipinski definition) is 4. The van der Waals surface area contributed by atoms with Gasteiger partial charge in [-0.25, -0.2) is 12.7 Å². The molecule has 0 radical (unpaired) electrons. The summed E-state index contributed by atoms with van der Waals surface area (Å²) in [5.74, 6) is -0.0954. The zero-order valence-electron chi connectivity index (χ0n) is 12.0. The highest BCUT2D eigenvalue weighted by Gasteiger charge is 2.30. The molecule has 0 saturated carbocycles. The first-order valence-electron chi connectivity index (χ1n) is 7.24. The standard InChI is InChI=1S/C13H24N2O4S/c1-20(18,19)15-5-2-3-12(10-15)9-14-6-4-11(8-14)7-13(16)17/h11-12H,2-10H2,1H3,(H,16,17). The number of rotatable bonds is 5. The second-order valence-electron chi connectivity index (χ2n) is 6.14. The van der Waals surface area contributed by atoms with Crippen LogP contribution < -0.4 is 0 Å². The molecular weight excluding hydrogens is 280 g/mol. The topological polar surface area (TPSA) is 77.9 Å². The summed E-state index contributed by atoms with van der Waals surface area (Å²) < 4.78 is 24.8. The fraction of sp³-hybridized carbons (Fsp3) is 0.923. The Balaban J connectivity index is 1.81. The second kappa shape index (κ2) is 6.41. The van der Waals surface area contributed by atoms with Crippen molar-refractivity contribution in [3.8, 4) is 0 Å². The minimum Gasteiger partial charge on any atom is -0.481 e. The number of aliphatic carboxylic acids is 1. The zero-order chi connectivity index (χ0) is 14.8. The Morgan fingerprint density at radius 2 is 1.95 bits per heavy atom. The molecule has 0 aromatic heterocycles. The van der Waals surface area contributed by atoms with Crippen LogP contribution in [0.4, 0.5) is 0 Å². The highest BCUT2D eigenvalue weighted by molar-refractivity contribution is 7.88. The molecule has 7 heteroatoms. The van der Waals surface area contributed by atoms with Crippen LogP contribution in [-0.4, -0.2) is 67.7 Å². The van der Waals surface area contributed by atoms with Crippen molar-refractivity contribution in [2.24, 2.45) is 11.8 Å². The van der Waals surface area contributed by atoms with Crippen molar-refractivity contribution in [1.82, 2.24) is 9.21 Å². The van der Waals surface area contributed by atoms with E-state index in [1.165, 1.54) is 6.26 Å². The minimum atomic E-state index is -3.08. The molecule has 2 unspecified atom stereocenters. The van der Waals surface area contributed by atoms with E-state index in [2.05, 4.69) is 4.90 Å². The molecule has 2 atom stereocenters. The highest BCUT2D eigenvalue weighted by Crippen LogP contribution is 2.24. The largest absolute Gasteiger partial charge is 0.481 e. The van der Waals surface area contributed by atoms with Crippen molar-refractivity contribution in [3.05, 3.63) is 0 Å². The van der Waals surface area contributed by atoms with Crippen LogP contribution in [0.5, 0.6) is 0 Å². The van der Waals surface area contributed by atoms with Crippen LogP contribution in [0, 0.1) is 11.8 Å². The van der Waals surface area contributed by atoms with Crippen LogP contribution in [0.1, 0.15) is 25.7 Å². The van der Waals surface area contributed by atoms with Gasteiger partial charge in [0, 0.05) is 32.6 Å². The maximum atomic E-state index is 11.6. The van der Waals surface area contributed by atoms with Gasteiger partial charge in [-0.3, -0.25) is 4.79 Å². The van der Waals surface area contributed by atoms with Crippen molar-refractivity contribution in [2.45, 2.75) is 25.7 Å². The third kappa shape index (κ3) is 4.43. The van der Waals surface area contributed by atoms with Gasteiger partial charge in [-0.2, -0.15) is 0 Å². The summed E-state index contributed by atoms with van der Waals surface area (Å²) >= 11 is 0. The molecule has 2 heterocycles. The summed E-state index contributed by atoms with van der Waals surface area (Å²) in [5.41, 5.74) is 0. The summed E-state index contributed by atoms with van der Waals surface area (Å²) in [6.07, 6.45) is 4.44. The van der Waals surface area contributed by atoms with E-state index in [4.69, 9.17) is 5.11 Å². The molecule has 2 aliphatic heterocycles. The molecule has 6 nitrogen and oxygen atoms in total. The van der Waals surface area contributed by atoms with Gasteiger partial charge in [-0.1, -0.05) is 0 Å². The lowest BCUT2D eigenvalue weighted by Gasteiger charge is -2.33. The summed E-state index contributed by atoms with van der Waals surface area (Å²) in [4.78, 5) is 13.0. The molecule has 0 amide bonds. The van der Waals surface area contributed by atoms with Crippen LogP contribution in [0.15, 0.2) is 0 Å². The molecule has 0 bridgehead atoms. The number of hydrogen-bond donors (Lipinski definition) is 1. The van der Waals surface area contributed by atoms with Gasteiger partial charge in [0.25, 0.3) is 0 Å². The van der Waals surface area contributed by atoms with Gasteiger partial charge in [0.15, 0.2) is 0 Å². The molecule has 1 N–H and O–H groups in total. The van der Waals surface area contributed by atoms with Gasteiger partial charge in [-0.05, 0) is 37.6 Å². The molecule has 0 aliphatic carbocycles. The smallest absolute Gasteiger partial charge is 0.303 e. The Hall–Kier alpha value is -0.660. The fourth-order valence-corrected chi connectivity index (χ4v) is 4.28. The van der Waals surface area contributed by atoms with Gasteiger partial charge < -0.3 is 10.0 Å². The first-order valence-corrected chi connectivity index (χ1v) is 9.08. The molecule has 2 rings (SSSR count). The summed E-state index contributed by atoms with van der Waals surface area (Å²) in [5, 5.41) is 8.81. The average Bonchev–Trinajstić information content (AvgIpc) is 2.75. The van der Waals surface area contributed by atoms with Crippen molar-refractivity contribution in [3.63, 3.8) is 0 Å². The number of piperidine rings is 1. The average molecular weight is 304 g/mol. The third-order valence-corrected chi connectivity index (χ3v) is 5.57. The zero-order valence-corrected chi connectivity index (χ0v) is 12.8. The predicted octanol–water partition coefficient (Wildman–Crippen LogP) is 0.455. The minimum absolute atomic E-state index is 0.247. The van der Waals surface area contributed by atoms with E-state index in [9.17, 15) is 13.2 Å². The number of carboxylic acids is 1. The number of nitrogens with zero attached hydrogens (tertiary/aromatic N) is 2. The number of sulfonamides is 1. The summed E-state index contributed by atoms with van der Waals surface area (Å²) in [6, 6.07) is 0. The Labute approximate surface area is 120 Å². The maximum Gasteiger partial charge on any atom is 0.303 e. The summed E-state index contributed by atoms with van der Waals surface area (Å²) in [7, 11) is -3.08. The van der Waals surface area contributed by atoms with E-state index >= 15 is 0 Å². The first-order chi connectivity index (χ1) is 9.34. The van der Waals surface area contributed by atoms with E-state index in [1.807, 2.05) is 0 Å². The maximum absolute atomic E-state index is 11.6. The molecule has 116 valence electrons. The van der Waals surface area contributed by atoms with Gasteiger partial charge in [0.05, 0.1) is 6.26 Å². The van der Waals surface area contributed by atoms with Crippen molar-refractivity contribution < 1.29 is 18.3 Å². The second-order valence-corrected chi connectivity index (χ2v) is 8.12. The van der Waals surface area contributed by atoms with Crippen molar-refractivity contribution in [1.29, 1.82) is 0 Å². The van der Waals surface area contributed by atoms with Crippen molar-refractivity contribution >= 4 is 16.0 Å². The van der Waals surface area contributed by atoms with Crippen LogP contribution in [0.3, 0.4) is 0 Å². The van der Waals surface area contributed by atoms with Crippen LogP contribution in [-0.2, 0) is 14.8 Å². The quantitative estimate of drug-likeness (QED) is 0.798. The number of carbonyl (C=O) groups is 1. The van der Waals surface area contributed by atoms with E-state index < -0.39 is 16.0 Å². The lowest BCUT2D eigenvalue weighted by atomic mass is 9.99. The van der Waals surface area contributed by atoms with Gasteiger partial charge in [0.1, 0.15) is 0 Å². The first kappa shape index (κ1) is 15.7. The molecule has 2 saturated heterocycles. The number of likely N-dealkylation sites (tertiary alicyclic amines) is 1. The molecule has 0 spiro atoms. The van der Waals surface area contributed by atoms with Crippen LogP contribution in [0.25, 0.3) is 0 Å². The van der Waals surface area contributed by atoms with E-state index in [0.29, 0.717) is 19.0 Å². The fourth-order valence-electron chi connectivity index (χ4n) is 3.33. The molecular formula is C13H24N2O4S. The Bertz CT molecular complexity index is 451. The SMILES string of the molecule is CS(=O)(=O)N1CCCC(CN2CCC(CC(=O)O)C2)C1. The lowest BCUT2D eigenvalue weighted by Crippen LogP contribution is -2.43. The highest BCUT2D eigenvalue weighted by atomic mass is 32.2. The number of carboxylic acid groups (broad SMARTS) is 1. The normalized spacial score (nSPS) is 29.6. The Morgan fingerprint density at radius 1 is 1.20 bits per heavy atom. The molecule has 0 aromatic carbocycles. The van der Waals surface area contributed by atoms with E-state index in [0.717, 1.165) is 38.9 Å². The molecule has 2 aliphatic rings. The van der Waals surface area contributed by atoms with E-state index in [-0.39, 0.29) is 12.3 Å². The molecule has 20 heavy (non-hydrogen) atoms. The van der Waals surface area contributed by atoms with Crippen LogP contribution in [0.2, 0.25) is 0 Å². The van der Waals surface area contributed by atoms with Gasteiger partial charge in [-0.15, -0.1) is 0 Å². The summed E-state index contributed by atoms with van der Waals surface area (Å²) in [6.45, 7) is 3.91. The lowest BCUT2D eigenvalue weighted by molar-refractivity contribution is -0.138. The third-order valence-electron chi connectivity index (χ3n) is 4.30. The monoisotopic (exact) mass is 304 g/mol. The van der Waals surface area contributed by atoms with Crippen molar-refractivity contribution in [2.75, 3.05) is 39.0 Å². The van der Waals surface area contributed by atoms with E-state index in [1.54, 1.807) is 4.31 Å². The van der Waals surface area contributed by atoms with Crippen LogP contribution >= 0.6 is 0 Å². The molecule has 2 fully saturated rings. The Kier molecular flexibility index (Phi) is 5.04. The Morgan fingerprint density at radius 3 is 2.60 bits per heavy atom. The predicted molar refractivity (Wildman–Crippen MR) is 75.9 cm³/mol. The van der Waals surface area contributed by atoms with Gasteiger partial charge >= 0.3 is 5.97 Å². The van der Waals surface area contributed by atoms with Gasteiger partial charge in [0.2, 0.25) is 10.0 Å². The molecule has 0 aromatic rings.